The Morgan fingerprint density at radius 2 is 1.92 bits per heavy atom. The van der Waals surface area contributed by atoms with Crippen LogP contribution in [0.5, 0.6) is 0 Å². The third kappa shape index (κ3) is 1.54. The summed E-state index contributed by atoms with van der Waals surface area (Å²) in [5, 5.41) is 0. The van der Waals surface area contributed by atoms with Crippen LogP contribution in [0, 0.1) is 6.92 Å². The molecule has 0 unspecified atom stereocenters. The van der Waals surface area contributed by atoms with Gasteiger partial charge in [0.1, 0.15) is 11.5 Å². The van der Waals surface area contributed by atoms with E-state index >= 15 is 0 Å². The monoisotopic (exact) mass is 333 g/mol. The van der Waals surface area contributed by atoms with Crippen molar-refractivity contribution in [2.75, 3.05) is 0 Å². The van der Waals surface area contributed by atoms with E-state index in [9.17, 15) is 0 Å². The minimum Gasteiger partial charge on any atom is -0.303 e. The average Bonchev–Trinajstić information content (AvgIpc) is 3.20. The maximum atomic E-state index is 4.58. The SMILES string of the molecule is Cc1cc2c(c3c1-n1c(cc[n+]1C)C(C)(C)C3(C)C)Cc1nccn1-2. The molecule has 2 aliphatic heterocycles. The molecule has 4 nitrogen and oxygen atoms in total. The number of imidazole rings is 1. The molecular weight excluding hydrogens is 308 g/mol. The number of hydrogen-bond acceptors (Lipinski definition) is 1. The Labute approximate surface area is 148 Å². The highest BCUT2D eigenvalue weighted by Gasteiger charge is 2.51. The number of rotatable bonds is 0. The summed E-state index contributed by atoms with van der Waals surface area (Å²) in [5.41, 5.74) is 8.37. The molecule has 0 fully saturated rings. The molecule has 0 bridgehead atoms. The van der Waals surface area contributed by atoms with Gasteiger partial charge in [-0.1, -0.05) is 27.7 Å². The van der Waals surface area contributed by atoms with Gasteiger partial charge in [-0.15, -0.1) is 9.36 Å². The molecule has 0 aliphatic carbocycles. The first kappa shape index (κ1) is 14.9. The third-order valence-corrected chi connectivity index (χ3v) is 6.92. The van der Waals surface area contributed by atoms with Gasteiger partial charge in [-0.3, -0.25) is 0 Å². The van der Waals surface area contributed by atoms with E-state index in [0.717, 1.165) is 12.2 Å². The van der Waals surface area contributed by atoms with Crippen LogP contribution in [0.4, 0.5) is 0 Å². The van der Waals surface area contributed by atoms with E-state index in [4.69, 9.17) is 0 Å². The number of aryl methyl sites for hydroxylation is 2. The van der Waals surface area contributed by atoms with E-state index in [-0.39, 0.29) is 10.8 Å². The van der Waals surface area contributed by atoms with Crippen molar-refractivity contribution in [2.45, 2.75) is 51.9 Å². The predicted molar refractivity (Wildman–Crippen MR) is 97.7 cm³/mol. The fourth-order valence-electron chi connectivity index (χ4n) is 4.88. The fraction of sp³-hybridized carbons (Fsp3) is 0.429. The minimum atomic E-state index is 0.0316. The van der Waals surface area contributed by atoms with Gasteiger partial charge in [-0.2, -0.15) is 0 Å². The van der Waals surface area contributed by atoms with Crippen LogP contribution < -0.4 is 4.68 Å². The van der Waals surface area contributed by atoms with E-state index in [1.807, 2.05) is 6.20 Å². The van der Waals surface area contributed by atoms with Crippen LogP contribution in [0.1, 0.15) is 55.9 Å². The lowest BCUT2D eigenvalue weighted by atomic mass is 9.59. The van der Waals surface area contributed by atoms with Gasteiger partial charge in [0.15, 0.2) is 13.2 Å². The average molecular weight is 333 g/mol. The summed E-state index contributed by atoms with van der Waals surface area (Å²) < 4.78 is 6.90. The van der Waals surface area contributed by atoms with E-state index in [1.54, 1.807) is 0 Å². The second kappa shape index (κ2) is 4.24. The molecule has 0 saturated heterocycles. The molecule has 4 heteroatoms. The van der Waals surface area contributed by atoms with Crippen molar-refractivity contribution in [1.82, 2.24) is 14.2 Å². The third-order valence-electron chi connectivity index (χ3n) is 6.92. The number of hydrogen-bond donors (Lipinski definition) is 0. The van der Waals surface area contributed by atoms with Crippen molar-refractivity contribution >= 4 is 0 Å². The Hall–Kier alpha value is -2.36. The first-order chi connectivity index (χ1) is 11.7. The Morgan fingerprint density at radius 1 is 1.16 bits per heavy atom. The summed E-state index contributed by atoms with van der Waals surface area (Å²) in [5.74, 6) is 1.15. The number of nitrogens with zero attached hydrogens (tertiary/aromatic N) is 4. The summed E-state index contributed by atoms with van der Waals surface area (Å²) in [7, 11) is 2.14. The topological polar surface area (TPSA) is 26.6 Å². The van der Waals surface area contributed by atoms with Crippen LogP contribution in [0.3, 0.4) is 0 Å². The highest BCUT2D eigenvalue weighted by atomic mass is 15.4. The van der Waals surface area contributed by atoms with Crippen molar-refractivity contribution in [3.05, 3.63) is 58.9 Å². The quantitative estimate of drug-likeness (QED) is 0.454. The maximum absolute atomic E-state index is 4.58. The molecular formula is C21H25N4+. The molecule has 0 atom stereocenters. The normalized spacial score (nSPS) is 18.5. The zero-order valence-electron chi connectivity index (χ0n) is 15.9. The lowest BCUT2D eigenvalue weighted by Crippen LogP contribution is -2.51. The van der Waals surface area contributed by atoms with Gasteiger partial charge >= 0.3 is 0 Å². The Bertz CT molecular complexity index is 1050. The molecule has 0 saturated carbocycles. The van der Waals surface area contributed by atoms with Crippen LogP contribution in [0.25, 0.3) is 11.4 Å². The van der Waals surface area contributed by atoms with Crippen LogP contribution >= 0.6 is 0 Å². The Balaban J connectivity index is 1.95. The molecule has 0 radical (unpaired) electrons. The fourth-order valence-corrected chi connectivity index (χ4v) is 4.88. The molecule has 3 aromatic rings. The van der Waals surface area contributed by atoms with E-state index in [2.05, 4.69) is 85.1 Å². The molecule has 4 heterocycles. The summed E-state index contributed by atoms with van der Waals surface area (Å²) in [4.78, 5) is 4.58. The molecule has 1 aromatic carbocycles. The molecule has 2 aromatic heterocycles. The van der Waals surface area contributed by atoms with Crippen LogP contribution in [-0.2, 0) is 24.3 Å². The van der Waals surface area contributed by atoms with Crippen molar-refractivity contribution < 1.29 is 4.68 Å². The van der Waals surface area contributed by atoms with Gasteiger partial charge < -0.3 is 4.57 Å². The lowest BCUT2D eigenvalue weighted by molar-refractivity contribution is -0.745. The van der Waals surface area contributed by atoms with Gasteiger partial charge in [0.2, 0.25) is 0 Å². The Kier molecular flexibility index (Phi) is 2.53. The minimum absolute atomic E-state index is 0.0316. The molecule has 0 N–H and O–H groups in total. The highest BCUT2D eigenvalue weighted by molar-refractivity contribution is 5.68. The lowest BCUT2D eigenvalue weighted by Gasteiger charge is -2.47. The molecule has 5 rings (SSSR count). The summed E-state index contributed by atoms with van der Waals surface area (Å²) >= 11 is 0. The van der Waals surface area contributed by atoms with Crippen molar-refractivity contribution in [3.63, 3.8) is 0 Å². The first-order valence-corrected chi connectivity index (χ1v) is 9.03. The number of aromatic nitrogens is 4. The van der Waals surface area contributed by atoms with Crippen molar-refractivity contribution in [1.29, 1.82) is 0 Å². The van der Waals surface area contributed by atoms with E-state index < -0.39 is 0 Å². The second-order valence-corrected chi connectivity index (χ2v) is 8.64. The first-order valence-electron chi connectivity index (χ1n) is 9.03. The molecule has 128 valence electrons. The summed E-state index contributed by atoms with van der Waals surface area (Å²) in [6.45, 7) is 11.8. The van der Waals surface area contributed by atoms with Crippen molar-refractivity contribution in [3.8, 4) is 11.4 Å². The molecule has 2 aliphatic rings. The van der Waals surface area contributed by atoms with Gasteiger partial charge in [0.25, 0.3) is 0 Å². The van der Waals surface area contributed by atoms with Crippen LogP contribution in [0.15, 0.2) is 30.7 Å². The maximum Gasteiger partial charge on any atom is 0.196 e. The highest BCUT2D eigenvalue weighted by Crippen LogP contribution is 2.53. The second-order valence-electron chi connectivity index (χ2n) is 8.64. The predicted octanol–water partition coefficient (Wildman–Crippen LogP) is 3.27. The van der Waals surface area contributed by atoms with Gasteiger partial charge in [0.05, 0.1) is 11.4 Å². The number of fused-ring (bicyclic) bond motifs is 7. The Morgan fingerprint density at radius 3 is 2.68 bits per heavy atom. The van der Waals surface area contributed by atoms with Gasteiger partial charge in [0, 0.05) is 35.7 Å². The molecule has 25 heavy (non-hydrogen) atoms. The van der Waals surface area contributed by atoms with E-state index in [1.165, 1.54) is 33.8 Å². The van der Waals surface area contributed by atoms with Gasteiger partial charge in [-0.05, 0) is 29.7 Å². The zero-order valence-corrected chi connectivity index (χ0v) is 15.9. The van der Waals surface area contributed by atoms with E-state index in [0.29, 0.717) is 0 Å². The smallest absolute Gasteiger partial charge is 0.196 e. The van der Waals surface area contributed by atoms with Crippen LogP contribution in [0.2, 0.25) is 0 Å². The summed E-state index contributed by atoms with van der Waals surface area (Å²) in [6, 6.07) is 4.62. The van der Waals surface area contributed by atoms with Crippen LogP contribution in [-0.4, -0.2) is 14.2 Å². The largest absolute Gasteiger partial charge is 0.303 e. The number of benzene rings is 1. The summed E-state index contributed by atoms with van der Waals surface area (Å²) in [6.07, 6.45) is 7.10. The van der Waals surface area contributed by atoms with Crippen molar-refractivity contribution in [2.24, 2.45) is 7.05 Å². The standard InChI is InChI=1S/C21H25N4/c1-13-11-15-14(12-17-22-8-10-24(15)17)18-19(13)25-16(7-9-23(25)6)20(2,3)21(18,4)5/h7-11H,12H2,1-6H3/q+1. The molecule has 0 amide bonds. The molecule has 0 spiro atoms. The van der Waals surface area contributed by atoms with Gasteiger partial charge in [-0.25, -0.2) is 4.98 Å². The zero-order chi connectivity index (χ0) is 17.7.